The van der Waals surface area contributed by atoms with Crippen molar-refractivity contribution in [2.45, 2.75) is 24.7 Å². The number of rotatable bonds is 12. The van der Waals surface area contributed by atoms with Gasteiger partial charge in [0.2, 0.25) is 5.91 Å². The summed E-state index contributed by atoms with van der Waals surface area (Å²) in [6, 6.07) is 17.9. The smallest absolute Gasteiger partial charge is 0.302 e. The van der Waals surface area contributed by atoms with Crippen LogP contribution in [0.25, 0.3) is 0 Å². The van der Waals surface area contributed by atoms with Crippen molar-refractivity contribution >= 4 is 33.7 Å². The highest BCUT2D eigenvalue weighted by molar-refractivity contribution is 7.90. The van der Waals surface area contributed by atoms with E-state index in [2.05, 4.69) is 15.6 Å². The van der Waals surface area contributed by atoms with Crippen LogP contribution < -0.4 is 15.4 Å². The second kappa shape index (κ2) is 13.8. The number of esters is 1. The van der Waals surface area contributed by atoms with E-state index >= 15 is 0 Å². The molecule has 1 heterocycles. The van der Waals surface area contributed by atoms with Crippen molar-refractivity contribution in [3.8, 4) is 0 Å². The minimum atomic E-state index is -4.16. The Balaban J connectivity index is 1.48. The molecule has 39 heavy (non-hydrogen) atoms. The van der Waals surface area contributed by atoms with Gasteiger partial charge in [-0.25, -0.2) is 13.1 Å². The molecule has 0 aliphatic carbocycles. The van der Waals surface area contributed by atoms with Crippen molar-refractivity contribution in [1.82, 2.24) is 20.3 Å². The minimum absolute atomic E-state index is 0.00377. The molecule has 3 rings (SSSR count). The topological polar surface area (TPSA) is 161 Å². The van der Waals surface area contributed by atoms with Gasteiger partial charge in [-0.05, 0) is 41.8 Å². The van der Waals surface area contributed by atoms with Crippen molar-refractivity contribution in [2.24, 2.45) is 0 Å². The zero-order chi connectivity index (χ0) is 28.3. The molecule has 0 radical (unpaired) electrons. The number of benzene rings is 2. The summed E-state index contributed by atoms with van der Waals surface area (Å²) in [4.78, 5) is 51.1. The Kier molecular flexibility index (Phi) is 10.3. The van der Waals surface area contributed by atoms with Gasteiger partial charge in [-0.3, -0.25) is 24.2 Å². The predicted octanol–water partition coefficient (Wildman–Crippen LogP) is 1.39. The predicted molar refractivity (Wildman–Crippen MR) is 141 cm³/mol. The first-order valence-electron chi connectivity index (χ1n) is 12.0. The van der Waals surface area contributed by atoms with Crippen LogP contribution in [-0.4, -0.2) is 56.8 Å². The molecule has 1 aromatic heterocycles. The second-order valence-corrected chi connectivity index (χ2v) is 10.1. The summed E-state index contributed by atoms with van der Waals surface area (Å²) < 4.78 is 32.0. The van der Waals surface area contributed by atoms with Gasteiger partial charge >= 0.3 is 5.97 Å². The summed E-state index contributed by atoms with van der Waals surface area (Å²) in [5.41, 5.74) is 1.67. The van der Waals surface area contributed by atoms with Crippen LogP contribution >= 0.6 is 0 Å². The van der Waals surface area contributed by atoms with Crippen molar-refractivity contribution < 1.29 is 32.3 Å². The van der Waals surface area contributed by atoms with Crippen molar-refractivity contribution in [3.63, 3.8) is 0 Å². The van der Waals surface area contributed by atoms with E-state index in [-0.39, 0.29) is 41.6 Å². The third-order valence-electron chi connectivity index (χ3n) is 5.36. The van der Waals surface area contributed by atoms with Crippen molar-refractivity contribution in [1.29, 1.82) is 0 Å². The number of ether oxygens (including phenoxy) is 1. The summed E-state index contributed by atoms with van der Waals surface area (Å²) in [6.07, 6.45) is 1.87. The quantitative estimate of drug-likeness (QED) is 0.224. The van der Waals surface area contributed by atoms with Crippen LogP contribution in [0.2, 0.25) is 0 Å². The number of sulfonamides is 1. The van der Waals surface area contributed by atoms with Crippen LogP contribution in [0.3, 0.4) is 0 Å². The van der Waals surface area contributed by atoms with E-state index in [0.29, 0.717) is 13.0 Å². The Hall–Kier alpha value is -4.58. The number of hydrogen-bond donors (Lipinski definition) is 3. The molecule has 11 nitrogen and oxygen atoms in total. The molecule has 2 aromatic carbocycles. The van der Waals surface area contributed by atoms with E-state index in [1.807, 2.05) is 35.1 Å². The maximum Gasteiger partial charge on any atom is 0.302 e. The largest absolute Gasteiger partial charge is 0.464 e. The molecule has 3 amide bonds. The van der Waals surface area contributed by atoms with Crippen LogP contribution in [0.1, 0.15) is 38.9 Å². The standard InChI is InChI=1S/C27H28N4O7S/c1-19(32)38-16-15-29-27(35)24-12-9-22(18-30-24)26(34)31-39(36,37)23-10-7-20(8-11-23)13-14-28-25(33)17-21-5-3-2-4-6-21/h2-12,18H,13-17H2,1H3,(H,28,33)(H,29,35)(H,31,34). The van der Waals surface area contributed by atoms with Gasteiger partial charge < -0.3 is 15.4 Å². The van der Waals surface area contributed by atoms with E-state index in [1.165, 1.54) is 31.2 Å². The molecular formula is C27H28N4O7S. The number of hydrogen-bond acceptors (Lipinski definition) is 8. The Morgan fingerprint density at radius 1 is 0.821 bits per heavy atom. The van der Waals surface area contributed by atoms with Gasteiger partial charge in [0.1, 0.15) is 12.3 Å². The lowest BCUT2D eigenvalue weighted by Gasteiger charge is -2.09. The summed E-state index contributed by atoms with van der Waals surface area (Å²) in [7, 11) is -4.16. The molecule has 0 aliphatic heterocycles. The molecule has 0 unspecified atom stereocenters. The average Bonchev–Trinajstić information content (AvgIpc) is 2.91. The summed E-state index contributed by atoms with van der Waals surface area (Å²) >= 11 is 0. The zero-order valence-corrected chi connectivity index (χ0v) is 22.0. The van der Waals surface area contributed by atoms with Gasteiger partial charge in [0.05, 0.1) is 23.4 Å². The van der Waals surface area contributed by atoms with E-state index < -0.39 is 27.8 Å². The maximum atomic E-state index is 12.7. The lowest BCUT2D eigenvalue weighted by Crippen LogP contribution is -2.31. The van der Waals surface area contributed by atoms with Crippen molar-refractivity contribution in [2.75, 3.05) is 19.7 Å². The Morgan fingerprint density at radius 3 is 2.18 bits per heavy atom. The van der Waals surface area contributed by atoms with Gasteiger partial charge in [-0.15, -0.1) is 0 Å². The SMILES string of the molecule is CC(=O)OCCNC(=O)c1ccc(C(=O)NS(=O)(=O)c2ccc(CCNC(=O)Cc3ccccc3)cc2)cn1. The van der Waals surface area contributed by atoms with E-state index in [9.17, 15) is 27.6 Å². The Morgan fingerprint density at radius 2 is 1.54 bits per heavy atom. The number of nitrogens with one attached hydrogen (secondary N) is 3. The molecule has 0 bridgehead atoms. The molecular weight excluding hydrogens is 524 g/mol. The number of carbonyl (C=O) groups excluding carboxylic acids is 4. The molecule has 0 fully saturated rings. The van der Waals surface area contributed by atoms with Crippen LogP contribution in [0, 0.1) is 0 Å². The maximum absolute atomic E-state index is 12.7. The fraction of sp³-hybridized carbons (Fsp3) is 0.222. The highest BCUT2D eigenvalue weighted by Crippen LogP contribution is 2.12. The first-order chi connectivity index (χ1) is 18.6. The normalized spacial score (nSPS) is 10.8. The summed E-state index contributed by atoms with van der Waals surface area (Å²) in [5, 5.41) is 5.33. The van der Waals surface area contributed by atoms with Crippen LogP contribution in [0.4, 0.5) is 0 Å². The van der Waals surface area contributed by atoms with Gasteiger partial charge in [-0.1, -0.05) is 42.5 Å². The highest BCUT2D eigenvalue weighted by Gasteiger charge is 2.19. The molecule has 3 aromatic rings. The molecule has 12 heteroatoms. The summed E-state index contributed by atoms with van der Waals surface area (Å²) in [5.74, 6) is -2.03. The highest BCUT2D eigenvalue weighted by atomic mass is 32.2. The van der Waals surface area contributed by atoms with Gasteiger partial charge in [0, 0.05) is 19.7 Å². The molecule has 3 N–H and O–H groups in total. The number of carbonyl (C=O) groups is 4. The first kappa shape index (κ1) is 29.0. The van der Waals surface area contributed by atoms with E-state index in [0.717, 1.165) is 17.3 Å². The Bertz CT molecular complexity index is 1410. The number of nitrogens with zero attached hydrogens (tertiary/aromatic N) is 1. The average molecular weight is 553 g/mol. The van der Waals surface area contributed by atoms with Gasteiger partial charge in [-0.2, -0.15) is 0 Å². The van der Waals surface area contributed by atoms with Crippen molar-refractivity contribution in [3.05, 3.63) is 95.3 Å². The van der Waals surface area contributed by atoms with Gasteiger partial charge in [0.15, 0.2) is 0 Å². The Labute approximate surface area is 226 Å². The fourth-order valence-electron chi connectivity index (χ4n) is 3.38. The molecule has 0 aliphatic rings. The minimum Gasteiger partial charge on any atom is -0.464 e. The fourth-order valence-corrected chi connectivity index (χ4v) is 4.35. The number of amides is 3. The van der Waals surface area contributed by atoms with Gasteiger partial charge in [0.25, 0.3) is 21.8 Å². The molecule has 0 saturated carbocycles. The molecule has 0 atom stereocenters. The molecule has 0 saturated heterocycles. The third kappa shape index (κ3) is 9.34. The first-order valence-corrected chi connectivity index (χ1v) is 13.5. The summed E-state index contributed by atoms with van der Waals surface area (Å²) in [6.45, 7) is 1.73. The monoisotopic (exact) mass is 552 g/mol. The zero-order valence-electron chi connectivity index (χ0n) is 21.2. The number of pyridine rings is 1. The second-order valence-electron chi connectivity index (χ2n) is 8.37. The molecule has 204 valence electrons. The van der Waals surface area contributed by atoms with Crippen LogP contribution in [0.5, 0.6) is 0 Å². The lowest BCUT2D eigenvalue weighted by atomic mass is 10.1. The van der Waals surface area contributed by atoms with Crippen LogP contribution in [0.15, 0.2) is 77.8 Å². The third-order valence-corrected chi connectivity index (χ3v) is 6.70. The van der Waals surface area contributed by atoms with E-state index in [1.54, 1.807) is 12.1 Å². The number of aromatic nitrogens is 1. The molecule has 0 spiro atoms. The van der Waals surface area contributed by atoms with E-state index in [4.69, 9.17) is 4.74 Å². The van der Waals surface area contributed by atoms with Crippen LogP contribution in [-0.2, 0) is 37.2 Å². The lowest BCUT2D eigenvalue weighted by molar-refractivity contribution is -0.140.